The van der Waals surface area contributed by atoms with Crippen LogP contribution in [-0.4, -0.2) is 78.2 Å². The molecule has 0 aromatic heterocycles. The second-order valence-electron chi connectivity index (χ2n) is 5.40. The van der Waals surface area contributed by atoms with Crippen molar-refractivity contribution in [3.05, 3.63) is 4.91 Å². The molecule has 1 amide bonds. The van der Waals surface area contributed by atoms with E-state index in [9.17, 15) is 9.70 Å². The number of nitroso groups, excluding NO2 is 1. The van der Waals surface area contributed by atoms with Crippen LogP contribution in [0.2, 0.25) is 0 Å². The van der Waals surface area contributed by atoms with E-state index in [4.69, 9.17) is 14.2 Å². The number of epoxide rings is 3. The number of carbonyl (C=O) groups excluding carboxylic acids is 1. The van der Waals surface area contributed by atoms with Crippen LogP contribution in [0.4, 0.5) is 0 Å². The molecule has 0 N–H and O–H groups in total. The summed E-state index contributed by atoms with van der Waals surface area (Å²) in [5.74, 6) is -0.151. The Morgan fingerprint density at radius 3 is 2.21 bits per heavy atom. The molecular weight excluding hydrogens is 254 g/mol. The third-order valence-corrected chi connectivity index (χ3v) is 3.75. The van der Waals surface area contributed by atoms with Gasteiger partial charge in [-0.15, -0.1) is 0 Å². The lowest BCUT2D eigenvalue weighted by molar-refractivity contribution is -0.734. The topological polar surface area (TPSA) is 81.2 Å². The second kappa shape index (κ2) is 4.12. The highest BCUT2D eigenvalue weighted by molar-refractivity contribution is 5.81. The van der Waals surface area contributed by atoms with E-state index in [0.29, 0.717) is 39.3 Å². The minimum Gasteiger partial charge on any atom is -0.373 e. The van der Waals surface area contributed by atoms with Crippen LogP contribution in [0.3, 0.4) is 0 Å². The highest BCUT2D eigenvalue weighted by atomic mass is 16.6. The molecule has 8 nitrogen and oxygen atoms in total. The maximum Gasteiger partial charge on any atom is 0.322 e. The van der Waals surface area contributed by atoms with E-state index in [1.54, 1.807) is 0 Å². The Bertz CT molecular complexity index is 387. The fourth-order valence-electron chi connectivity index (χ4n) is 2.38. The van der Waals surface area contributed by atoms with Gasteiger partial charge in [-0.25, -0.2) is 0 Å². The summed E-state index contributed by atoms with van der Waals surface area (Å²) >= 11 is 0. The minimum atomic E-state index is -0.662. The molecule has 4 aliphatic rings. The number of ether oxygens (including phenoxy) is 3. The first-order valence-corrected chi connectivity index (χ1v) is 6.62. The van der Waals surface area contributed by atoms with Gasteiger partial charge in [0.1, 0.15) is 18.8 Å². The van der Waals surface area contributed by atoms with Gasteiger partial charge in [0.05, 0.1) is 43.8 Å². The quantitative estimate of drug-likeness (QED) is 0.440. The van der Waals surface area contributed by atoms with E-state index >= 15 is 0 Å². The highest BCUT2D eigenvalue weighted by Crippen LogP contribution is 2.27. The van der Waals surface area contributed by atoms with Gasteiger partial charge in [-0.3, -0.25) is 4.79 Å². The van der Waals surface area contributed by atoms with Gasteiger partial charge >= 0.3 is 11.9 Å². The Labute approximate surface area is 109 Å². The van der Waals surface area contributed by atoms with Crippen molar-refractivity contribution in [1.29, 1.82) is 0 Å². The number of rotatable bonds is 6. The lowest BCUT2D eigenvalue weighted by atomic mass is 10.1. The predicted molar refractivity (Wildman–Crippen MR) is 59.7 cm³/mol. The molecule has 4 rings (SSSR count). The van der Waals surface area contributed by atoms with Crippen molar-refractivity contribution in [3.8, 4) is 0 Å². The van der Waals surface area contributed by atoms with E-state index in [1.807, 2.05) is 0 Å². The number of carbonyl (C=O) groups is 1. The summed E-state index contributed by atoms with van der Waals surface area (Å²) in [7, 11) is 0. The van der Waals surface area contributed by atoms with Crippen LogP contribution in [0.25, 0.3) is 0 Å². The van der Waals surface area contributed by atoms with Crippen molar-refractivity contribution in [1.82, 2.24) is 10.1 Å². The molecular formula is C11H16N3O5+. The summed E-state index contributed by atoms with van der Waals surface area (Å²) in [4.78, 5) is 25.4. The summed E-state index contributed by atoms with van der Waals surface area (Å²) in [5.41, 5.74) is 0. The SMILES string of the molecule is O=C1C(CC2CO2)[N+](=O)N(CC2CO2)N1CC1CO1. The smallest absolute Gasteiger partial charge is 0.322 e. The normalized spacial score (nSPS) is 40.0. The lowest BCUT2D eigenvalue weighted by Gasteiger charge is -2.18. The van der Waals surface area contributed by atoms with E-state index < -0.39 is 6.04 Å². The molecule has 4 fully saturated rings. The lowest BCUT2D eigenvalue weighted by Crippen LogP contribution is -2.45. The molecule has 0 aromatic carbocycles. The predicted octanol–water partition coefficient (Wildman–Crippen LogP) is -1.31. The zero-order valence-electron chi connectivity index (χ0n) is 10.4. The Balaban J connectivity index is 1.50. The zero-order valence-corrected chi connectivity index (χ0v) is 10.4. The molecule has 19 heavy (non-hydrogen) atoms. The molecule has 0 bridgehead atoms. The number of hydrogen-bond acceptors (Lipinski definition) is 5. The summed E-state index contributed by atoms with van der Waals surface area (Å²) < 4.78 is 15.4. The molecule has 0 aliphatic carbocycles. The van der Waals surface area contributed by atoms with Crippen LogP contribution < -0.4 is 0 Å². The first-order valence-electron chi connectivity index (χ1n) is 6.62. The standard InChI is InChI=1S/C11H16N3O5/c15-11-10(1-7-4-17-7)14(16)13(3-9-6-19-9)12(11)2-8-5-18-8/h7-10H,1-6H2/q+1. The molecule has 8 heteroatoms. The van der Waals surface area contributed by atoms with Crippen molar-refractivity contribution >= 4 is 5.91 Å². The average Bonchev–Trinajstić information content (AvgIpc) is 3.26. The van der Waals surface area contributed by atoms with Crippen LogP contribution in [0.5, 0.6) is 0 Å². The number of nitrogens with zero attached hydrogens (tertiary/aromatic N) is 3. The summed E-state index contributed by atoms with van der Waals surface area (Å²) in [6.45, 7) is 2.85. The van der Waals surface area contributed by atoms with Gasteiger partial charge in [0.15, 0.2) is 4.87 Å². The van der Waals surface area contributed by atoms with Crippen LogP contribution in [0.1, 0.15) is 6.42 Å². The molecule has 4 unspecified atom stereocenters. The van der Waals surface area contributed by atoms with Crippen LogP contribution in [0.15, 0.2) is 0 Å². The van der Waals surface area contributed by atoms with E-state index in [1.165, 1.54) is 10.1 Å². The van der Waals surface area contributed by atoms with E-state index in [0.717, 1.165) is 4.87 Å². The molecule has 0 radical (unpaired) electrons. The van der Waals surface area contributed by atoms with E-state index in [2.05, 4.69) is 0 Å². The second-order valence-corrected chi connectivity index (χ2v) is 5.40. The van der Waals surface area contributed by atoms with Gasteiger partial charge in [0.25, 0.3) is 0 Å². The van der Waals surface area contributed by atoms with Crippen molar-refractivity contribution in [2.75, 3.05) is 32.9 Å². The molecule has 0 saturated carbocycles. The van der Waals surface area contributed by atoms with Gasteiger partial charge in [0, 0.05) is 0 Å². The third kappa shape index (κ3) is 2.31. The Kier molecular flexibility index (Phi) is 2.51. The van der Waals surface area contributed by atoms with Crippen molar-refractivity contribution in [3.63, 3.8) is 0 Å². The minimum absolute atomic E-state index is 0.0570. The van der Waals surface area contributed by atoms with Crippen molar-refractivity contribution in [2.45, 2.75) is 30.8 Å². The van der Waals surface area contributed by atoms with Gasteiger partial charge in [0.2, 0.25) is 0 Å². The average molecular weight is 270 g/mol. The number of amides is 1. The molecule has 4 atom stereocenters. The molecule has 104 valence electrons. The van der Waals surface area contributed by atoms with Crippen molar-refractivity contribution < 1.29 is 23.9 Å². The van der Waals surface area contributed by atoms with Gasteiger partial charge < -0.3 is 14.2 Å². The molecule has 4 saturated heterocycles. The monoisotopic (exact) mass is 270 g/mol. The molecule has 4 aliphatic heterocycles. The number of hydrogen-bond donors (Lipinski definition) is 0. The fraction of sp³-hybridized carbons (Fsp3) is 0.909. The summed E-state index contributed by atoms with van der Waals surface area (Å²) in [6, 6.07) is -0.662. The van der Waals surface area contributed by atoms with Crippen LogP contribution in [-0.2, 0) is 19.0 Å². The van der Waals surface area contributed by atoms with E-state index in [-0.39, 0.29) is 24.2 Å². The van der Waals surface area contributed by atoms with Gasteiger partial charge in [-0.05, 0) is 5.12 Å². The van der Waals surface area contributed by atoms with Gasteiger partial charge in [-0.2, -0.15) is 5.01 Å². The largest absolute Gasteiger partial charge is 0.373 e. The summed E-state index contributed by atoms with van der Waals surface area (Å²) in [6.07, 6.45) is 0.645. The Hall–Kier alpha value is -1.25. The first-order chi connectivity index (χ1) is 9.22. The molecule has 0 aromatic rings. The Morgan fingerprint density at radius 2 is 1.63 bits per heavy atom. The molecule has 4 heterocycles. The fourth-order valence-corrected chi connectivity index (χ4v) is 2.38. The molecule has 0 spiro atoms. The summed E-state index contributed by atoms with van der Waals surface area (Å²) in [5, 5.41) is 2.98. The van der Waals surface area contributed by atoms with Crippen LogP contribution in [0, 0.1) is 4.91 Å². The van der Waals surface area contributed by atoms with Crippen LogP contribution >= 0.6 is 0 Å². The highest BCUT2D eigenvalue weighted by Gasteiger charge is 2.57. The maximum absolute atomic E-state index is 12.3. The van der Waals surface area contributed by atoms with Gasteiger partial charge in [-0.1, -0.05) is 0 Å². The number of hydrazine groups is 2. The zero-order chi connectivity index (χ0) is 13.0. The van der Waals surface area contributed by atoms with Crippen molar-refractivity contribution in [2.24, 2.45) is 0 Å². The first kappa shape index (κ1) is 11.6. The maximum atomic E-state index is 12.3. The third-order valence-electron chi connectivity index (χ3n) is 3.75. The Morgan fingerprint density at radius 1 is 1.05 bits per heavy atom.